The Hall–Kier alpha value is -1.95. The molecule has 0 fully saturated rings. The molecule has 20 heavy (non-hydrogen) atoms. The van der Waals surface area contributed by atoms with Crippen LogP contribution in [-0.4, -0.2) is 14.7 Å². The highest BCUT2D eigenvalue weighted by molar-refractivity contribution is 7.90. The van der Waals surface area contributed by atoms with Crippen LogP contribution in [0.3, 0.4) is 0 Å². The predicted molar refractivity (Wildman–Crippen MR) is 70.7 cm³/mol. The van der Waals surface area contributed by atoms with E-state index in [1.54, 1.807) is 24.3 Å². The van der Waals surface area contributed by atoms with Gasteiger partial charge in [0, 0.05) is 6.26 Å². The van der Waals surface area contributed by atoms with Crippen molar-refractivity contribution in [2.45, 2.75) is 11.8 Å². The van der Waals surface area contributed by atoms with Crippen molar-refractivity contribution in [2.24, 2.45) is 0 Å². The van der Waals surface area contributed by atoms with Gasteiger partial charge in [-0.2, -0.15) is 0 Å². The summed E-state index contributed by atoms with van der Waals surface area (Å²) in [5.41, 5.74) is 0.978. The van der Waals surface area contributed by atoms with Gasteiger partial charge in [0.15, 0.2) is 27.2 Å². The molecule has 3 nitrogen and oxygen atoms in total. The van der Waals surface area contributed by atoms with Gasteiger partial charge in [0.25, 0.3) is 0 Å². The average molecular weight is 298 g/mol. The summed E-state index contributed by atoms with van der Waals surface area (Å²) in [6, 6.07) is 8.08. The third kappa shape index (κ3) is 3.14. The van der Waals surface area contributed by atoms with Gasteiger partial charge in [-0.15, -0.1) is 0 Å². The van der Waals surface area contributed by atoms with Crippen molar-refractivity contribution >= 4 is 9.84 Å². The molecule has 0 bridgehead atoms. The van der Waals surface area contributed by atoms with Crippen LogP contribution in [0.5, 0.6) is 11.5 Å². The van der Waals surface area contributed by atoms with Crippen LogP contribution < -0.4 is 4.74 Å². The number of ether oxygens (including phenoxy) is 1. The fraction of sp³-hybridized carbons (Fsp3) is 0.143. The molecule has 0 aliphatic heterocycles. The Labute approximate surface area is 115 Å². The molecule has 0 spiro atoms. The van der Waals surface area contributed by atoms with Gasteiger partial charge in [0.05, 0.1) is 4.90 Å². The van der Waals surface area contributed by atoms with Crippen molar-refractivity contribution in [3.8, 4) is 11.5 Å². The second kappa shape index (κ2) is 5.20. The summed E-state index contributed by atoms with van der Waals surface area (Å²) in [6.07, 6.45) is 0.877. The summed E-state index contributed by atoms with van der Waals surface area (Å²) in [7, 11) is -3.68. The number of hydrogen-bond acceptors (Lipinski definition) is 3. The molecule has 0 saturated heterocycles. The summed E-state index contributed by atoms with van der Waals surface area (Å²) in [5.74, 6) is -2.49. The van der Waals surface area contributed by atoms with Gasteiger partial charge >= 0.3 is 0 Å². The smallest absolute Gasteiger partial charge is 0.198 e. The lowest BCUT2D eigenvalue weighted by atomic mass is 10.2. The van der Waals surface area contributed by atoms with E-state index in [4.69, 9.17) is 4.74 Å². The first-order valence-corrected chi connectivity index (χ1v) is 7.60. The Morgan fingerprint density at radius 1 is 1.00 bits per heavy atom. The normalized spacial score (nSPS) is 11.4. The van der Waals surface area contributed by atoms with Crippen molar-refractivity contribution in [1.82, 2.24) is 0 Å². The van der Waals surface area contributed by atoms with Gasteiger partial charge in [-0.1, -0.05) is 17.7 Å². The molecule has 2 aromatic carbocycles. The number of sulfone groups is 1. The third-order valence-corrected chi connectivity index (χ3v) is 3.73. The number of benzene rings is 2. The lowest BCUT2D eigenvalue weighted by molar-refractivity contribution is 0.405. The first kappa shape index (κ1) is 14.5. The molecule has 0 atom stereocenters. The zero-order valence-corrected chi connectivity index (χ0v) is 11.7. The monoisotopic (exact) mass is 298 g/mol. The molecule has 0 unspecified atom stereocenters. The average Bonchev–Trinajstić information content (AvgIpc) is 2.34. The molecule has 0 N–H and O–H groups in total. The third-order valence-electron chi connectivity index (χ3n) is 2.64. The molecule has 0 heterocycles. The summed E-state index contributed by atoms with van der Waals surface area (Å²) >= 11 is 0. The first-order valence-electron chi connectivity index (χ1n) is 5.71. The van der Waals surface area contributed by atoms with Crippen LogP contribution in [0.25, 0.3) is 0 Å². The maximum Gasteiger partial charge on any atom is 0.198 e. The molecule has 0 aliphatic rings. The van der Waals surface area contributed by atoms with E-state index in [-0.39, 0.29) is 5.75 Å². The molecule has 106 valence electrons. The summed E-state index contributed by atoms with van der Waals surface area (Å²) in [6.45, 7) is 1.87. The van der Waals surface area contributed by atoms with Crippen LogP contribution in [0.2, 0.25) is 0 Å². The van der Waals surface area contributed by atoms with Crippen molar-refractivity contribution in [3.05, 3.63) is 53.6 Å². The minimum absolute atomic E-state index is 0.264. The van der Waals surface area contributed by atoms with Crippen LogP contribution in [0, 0.1) is 18.6 Å². The van der Waals surface area contributed by atoms with E-state index in [0.717, 1.165) is 24.0 Å². The van der Waals surface area contributed by atoms with E-state index in [2.05, 4.69) is 0 Å². The molecule has 2 rings (SSSR count). The topological polar surface area (TPSA) is 43.4 Å². The molecular weight excluding hydrogens is 286 g/mol. The van der Waals surface area contributed by atoms with Gasteiger partial charge in [0.2, 0.25) is 0 Å². The van der Waals surface area contributed by atoms with Gasteiger partial charge in [-0.05, 0) is 31.2 Å². The van der Waals surface area contributed by atoms with E-state index < -0.39 is 32.1 Å². The van der Waals surface area contributed by atoms with E-state index in [0.29, 0.717) is 0 Å². The summed E-state index contributed by atoms with van der Waals surface area (Å²) in [4.78, 5) is -0.427. The largest absolute Gasteiger partial charge is 0.451 e. The molecule has 0 radical (unpaired) electrons. The predicted octanol–water partition coefficient (Wildman–Crippen LogP) is 3.47. The minimum atomic E-state index is -3.68. The van der Waals surface area contributed by atoms with Crippen molar-refractivity contribution in [1.29, 1.82) is 0 Å². The Morgan fingerprint density at radius 2 is 1.50 bits per heavy atom. The molecule has 0 amide bonds. The first-order chi connectivity index (χ1) is 9.27. The van der Waals surface area contributed by atoms with Crippen LogP contribution in [0.4, 0.5) is 8.78 Å². The van der Waals surface area contributed by atoms with Gasteiger partial charge in [-0.3, -0.25) is 0 Å². The zero-order chi connectivity index (χ0) is 14.9. The quantitative estimate of drug-likeness (QED) is 0.871. The highest BCUT2D eigenvalue weighted by atomic mass is 32.2. The highest BCUT2D eigenvalue weighted by Crippen LogP contribution is 2.30. The summed E-state index contributed by atoms with van der Waals surface area (Å²) < 4.78 is 55.2. The maximum absolute atomic E-state index is 13.8. The Kier molecular flexibility index (Phi) is 3.76. The minimum Gasteiger partial charge on any atom is -0.451 e. The fourth-order valence-electron chi connectivity index (χ4n) is 1.57. The van der Waals surface area contributed by atoms with Crippen LogP contribution in [0.15, 0.2) is 41.3 Å². The van der Waals surface area contributed by atoms with Crippen LogP contribution in [0.1, 0.15) is 5.56 Å². The van der Waals surface area contributed by atoms with Gasteiger partial charge in [0.1, 0.15) is 5.75 Å². The van der Waals surface area contributed by atoms with E-state index in [1.807, 2.05) is 6.92 Å². The molecule has 0 aromatic heterocycles. The fourth-order valence-corrected chi connectivity index (χ4v) is 2.21. The number of hydrogen-bond donors (Lipinski definition) is 0. The SMILES string of the molecule is Cc1ccc(Oc2c(F)cc(S(C)(=O)=O)cc2F)cc1. The summed E-state index contributed by atoms with van der Waals surface area (Å²) in [5, 5.41) is 0. The number of aryl methyl sites for hydroxylation is 1. The van der Waals surface area contributed by atoms with Crippen LogP contribution in [-0.2, 0) is 9.84 Å². The Morgan fingerprint density at radius 3 is 1.95 bits per heavy atom. The standard InChI is InChI=1S/C14H12F2O3S/c1-9-3-5-10(6-4-9)19-14-12(15)7-11(8-13(14)16)20(2,17)18/h3-8H,1-2H3. The van der Waals surface area contributed by atoms with Gasteiger partial charge < -0.3 is 4.74 Å². The van der Waals surface area contributed by atoms with Gasteiger partial charge in [-0.25, -0.2) is 17.2 Å². The highest BCUT2D eigenvalue weighted by Gasteiger charge is 2.18. The second-order valence-electron chi connectivity index (χ2n) is 4.40. The Balaban J connectivity index is 2.41. The maximum atomic E-state index is 13.8. The molecule has 0 saturated carbocycles. The zero-order valence-electron chi connectivity index (χ0n) is 10.9. The van der Waals surface area contributed by atoms with Crippen molar-refractivity contribution in [2.75, 3.05) is 6.26 Å². The number of halogens is 2. The lowest BCUT2D eigenvalue weighted by Crippen LogP contribution is -2.01. The van der Waals surface area contributed by atoms with E-state index in [9.17, 15) is 17.2 Å². The van der Waals surface area contributed by atoms with Crippen molar-refractivity contribution in [3.63, 3.8) is 0 Å². The molecule has 6 heteroatoms. The lowest BCUT2D eigenvalue weighted by Gasteiger charge is -2.09. The van der Waals surface area contributed by atoms with E-state index >= 15 is 0 Å². The second-order valence-corrected chi connectivity index (χ2v) is 6.42. The molecular formula is C14H12F2O3S. The van der Waals surface area contributed by atoms with E-state index in [1.165, 1.54) is 0 Å². The Bertz CT molecular complexity index is 715. The van der Waals surface area contributed by atoms with Crippen molar-refractivity contribution < 1.29 is 21.9 Å². The number of rotatable bonds is 3. The molecule has 0 aliphatic carbocycles. The molecule has 2 aromatic rings. The van der Waals surface area contributed by atoms with Crippen LogP contribution >= 0.6 is 0 Å².